The van der Waals surface area contributed by atoms with E-state index in [9.17, 15) is 4.79 Å². The highest BCUT2D eigenvalue weighted by Crippen LogP contribution is 2.18. The van der Waals surface area contributed by atoms with Crippen molar-refractivity contribution < 1.29 is 14.6 Å². The lowest BCUT2D eigenvalue weighted by Gasteiger charge is -2.06. The van der Waals surface area contributed by atoms with Gasteiger partial charge in [-0.25, -0.2) is 14.8 Å². The predicted molar refractivity (Wildman–Crippen MR) is 71.6 cm³/mol. The summed E-state index contributed by atoms with van der Waals surface area (Å²) in [6.45, 7) is 0.509. The summed E-state index contributed by atoms with van der Waals surface area (Å²) in [6, 6.07) is 1.84. The molecule has 7 nitrogen and oxygen atoms in total. The van der Waals surface area contributed by atoms with Crippen LogP contribution in [-0.2, 0) is 17.7 Å². The van der Waals surface area contributed by atoms with Gasteiger partial charge in [0.2, 0.25) is 0 Å². The number of aromatic nitrogens is 3. The molecule has 0 aliphatic heterocycles. The first kappa shape index (κ1) is 13.8. The molecule has 102 valence electrons. The summed E-state index contributed by atoms with van der Waals surface area (Å²) in [7, 11) is 0. The van der Waals surface area contributed by atoms with Gasteiger partial charge in [-0.3, -0.25) is 0 Å². The van der Waals surface area contributed by atoms with E-state index in [1.807, 2.05) is 6.07 Å². The second kappa shape index (κ2) is 5.98. The lowest BCUT2D eigenvalue weighted by atomic mass is 10.4. The minimum absolute atomic E-state index is 0.0210. The molecule has 19 heavy (non-hydrogen) atoms. The van der Waals surface area contributed by atoms with Gasteiger partial charge in [-0.05, 0) is 22.0 Å². The van der Waals surface area contributed by atoms with Gasteiger partial charge in [-0.2, -0.15) is 0 Å². The molecule has 0 aromatic carbocycles. The van der Waals surface area contributed by atoms with Gasteiger partial charge in [-0.15, -0.1) is 0 Å². The van der Waals surface area contributed by atoms with Gasteiger partial charge in [-0.1, -0.05) is 0 Å². The molecule has 0 fully saturated rings. The first-order valence-electron chi connectivity index (χ1n) is 5.65. The van der Waals surface area contributed by atoms with Gasteiger partial charge < -0.3 is 20.1 Å². The smallest absolute Gasteiger partial charge is 0.404 e. The topological polar surface area (TPSA) is 103 Å². The molecule has 0 saturated carbocycles. The minimum Gasteiger partial charge on any atom is -0.449 e. The third-order valence-corrected chi connectivity index (χ3v) is 2.96. The fourth-order valence-electron chi connectivity index (χ4n) is 1.80. The van der Waals surface area contributed by atoms with E-state index in [0.717, 1.165) is 9.99 Å². The number of amides is 1. The molecule has 8 heteroatoms. The molecule has 2 rings (SSSR count). The van der Waals surface area contributed by atoms with Gasteiger partial charge in [0.15, 0.2) is 5.65 Å². The molecule has 0 spiro atoms. The largest absolute Gasteiger partial charge is 0.449 e. The Morgan fingerprint density at radius 2 is 2.37 bits per heavy atom. The zero-order valence-corrected chi connectivity index (χ0v) is 11.6. The molecule has 1 amide bonds. The molecular formula is C11H13BrN4O3. The maximum Gasteiger partial charge on any atom is 0.404 e. The third kappa shape index (κ3) is 3.21. The molecule has 2 aromatic rings. The summed E-state index contributed by atoms with van der Waals surface area (Å²) in [5.74, 6) is 0.691. The summed E-state index contributed by atoms with van der Waals surface area (Å²) in [6.07, 6.45) is 1.27. The van der Waals surface area contributed by atoms with Crippen LogP contribution in [0.15, 0.2) is 16.7 Å². The molecule has 2 heterocycles. The summed E-state index contributed by atoms with van der Waals surface area (Å²) in [5.41, 5.74) is 6.31. The number of ether oxygens (including phenoxy) is 1. The van der Waals surface area contributed by atoms with Crippen molar-refractivity contribution in [2.24, 2.45) is 5.73 Å². The lowest BCUT2D eigenvalue weighted by Crippen LogP contribution is -2.16. The third-order valence-electron chi connectivity index (χ3n) is 2.52. The van der Waals surface area contributed by atoms with E-state index in [0.29, 0.717) is 24.4 Å². The molecule has 0 aliphatic carbocycles. The fraction of sp³-hybridized carbons (Fsp3) is 0.364. The van der Waals surface area contributed by atoms with Crippen LogP contribution in [0.5, 0.6) is 0 Å². The molecule has 0 bridgehead atoms. The van der Waals surface area contributed by atoms with Crippen LogP contribution in [0.25, 0.3) is 11.2 Å². The molecule has 0 atom stereocenters. The SMILES string of the molecule is NC(=O)OCCc1nc2cc(Br)cnc2n1CCO. The van der Waals surface area contributed by atoms with Gasteiger partial charge in [0.1, 0.15) is 17.9 Å². The molecule has 2 aromatic heterocycles. The summed E-state index contributed by atoms with van der Waals surface area (Å²) < 4.78 is 7.32. The van der Waals surface area contributed by atoms with Gasteiger partial charge >= 0.3 is 6.09 Å². The monoisotopic (exact) mass is 328 g/mol. The number of nitrogens with zero attached hydrogens (tertiary/aromatic N) is 3. The van der Waals surface area contributed by atoms with E-state index >= 15 is 0 Å². The number of primary amides is 1. The zero-order chi connectivity index (χ0) is 13.8. The standard InChI is InChI=1S/C11H13BrN4O3/c12-7-5-8-10(14-6-7)16(2-3-17)9(15-8)1-4-19-11(13)18/h5-6,17H,1-4H2,(H2,13,18). The van der Waals surface area contributed by atoms with Crippen molar-refractivity contribution >= 4 is 33.2 Å². The maximum absolute atomic E-state index is 10.5. The normalized spacial score (nSPS) is 10.8. The van der Waals surface area contributed by atoms with Crippen LogP contribution in [0, 0.1) is 0 Å². The molecule has 0 unspecified atom stereocenters. The van der Waals surface area contributed by atoms with E-state index in [1.165, 1.54) is 0 Å². The number of halogens is 1. The van der Waals surface area contributed by atoms with Crippen molar-refractivity contribution in [1.82, 2.24) is 14.5 Å². The van der Waals surface area contributed by atoms with Crippen LogP contribution >= 0.6 is 15.9 Å². The summed E-state index contributed by atoms with van der Waals surface area (Å²) in [5, 5.41) is 9.10. The lowest BCUT2D eigenvalue weighted by molar-refractivity contribution is 0.157. The zero-order valence-electron chi connectivity index (χ0n) is 10.0. The average Bonchev–Trinajstić information content (AvgIpc) is 2.67. The highest BCUT2D eigenvalue weighted by molar-refractivity contribution is 9.10. The Morgan fingerprint density at radius 3 is 3.05 bits per heavy atom. The van der Waals surface area contributed by atoms with E-state index in [1.54, 1.807) is 10.8 Å². The van der Waals surface area contributed by atoms with Crippen molar-refractivity contribution in [2.45, 2.75) is 13.0 Å². The van der Waals surface area contributed by atoms with Crippen molar-refractivity contribution in [2.75, 3.05) is 13.2 Å². The molecule has 0 aliphatic rings. The number of nitrogens with two attached hydrogens (primary N) is 1. The predicted octanol–water partition coefficient (Wildman–Crippen LogP) is 0.824. The van der Waals surface area contributed by atoms with Crippen LogP contribution in [0.2, 0.25) is 0 Å². The number of carbonyl (C=O) groups excluding carboxylic acids is 1. The van der Waals surface area contributed by atoms with Crippen molar-refractivity contribution in [3.63, 3.8) is 0 Å². The van der Waals surface area contributed by atoms with Crippen molar-refractivity contribution in [3.8, 4) is 0 Å². The fourth-order valence-corrected chi connectivity index (χ4v) is 2.12. The van der Waals surface area contributed by atoms with E-state index in [-0.39, 0.29) is 13.2 Å². The van der Waals surface area contributed by atoms with Crippen LogP contribution in [0.4, 0.5) is 4.79 Å². The first-order chi connectivity index (χ1) is 9.11. The Labute approximate surface area is 117 Å². The molecule has 3 N–H and O–H groups in total. The Hall–Kier alpha value is -1.67. The highest BCUT2D eigenvalue weighted by atomic mass is 79.9. The van der Waals surface area contributed by atoms with Crippen LogP contribution in [-0.4, -0.2) is 38.9 Å². The van der Waals surface area contributed by atoms with Crippen molar-refractivity contribution in [3.05, 3.63) is 22.6 Å². The number of carbonyl (C=O) groups is 1. The van der Waals surface area contributed by atoms with Crippen LogP contribution in [0.1, 0.15) is 5.82 Å². The second-order valence-electron chi connectivity index (χ2n) is 3.82. The van der Waals surface area contributed by atoms with E-state index in [2.05, 4.69) is 25.9 Å². The number of pyridine rings is 1. The Bertz CT molecular complexity index is 599. The van der Waals surface area contributed by atoms with Crippen LogP contribution in [0.3, 0.4) is 0 Å². The molecule has 0 saturated heterocycles. The number of imidazole rings is 1. The average molecular weight is 329 g/mol. The quantitative estimate of drug-likeness (QED) is 0.845. The van der Waals surface area contributed by atoms with E-state index < -0.39 is 6.09 Å². The number of aliphatic hydroxyl groups excluding tert-OH is 1. The number of fused-ring (bicyclic) bond motifs is 1. The van der Waals surface area contributed by atoms with Gasteiger partial charge in [0.05, 0.1) is 6.61 Å². The van der Waals surface area contributed by atoms with E-state index in [4.69, 9.17) is 15.6 Å². The minimum atomic E-state index is -0.814. The first-order valence-corrected chi connectivity index (χ1v) is 6.45. The maximum atomic E-state index is 10.5. The van der Waals surface area contributed by atoms with Crippen molar-refractivity contribution in [1.29, 1.82) is 0 Å². The summed E-state index contributed by atoms with van der Waals surface area (Å²) in [4.78, 5) is 19.2. The van der Waals surface area contributed by atoms with Gasteiger partial charge in [0, 0.05) is 23.6 Å². The second-order valence-corrected chi connectivity index (χ2v) is 4.73. The number of hydrogen-bond acceptors (Lipinski definition) is 5. The number of rotatable bonds is 5. The number of hydrogen-bond donors (Lipinski definition) is 2. The Morgan fingerprint density at radius 1 is 1.58 bits per heavy atom. The van der Waals surface area contributed by atoms with Gasteiger partial charge in [0.25, 0.3) is 0 Å². The highest BCUT2D eigenvalue weighted by Gasteiger charge is 2.12. The Balaban J connectivity index is 2.30. The summed E-state index contributed by atoms with van der Waals surface area (Å²) >= 11 is 3.33. The Kier molecular flexibility index (Phi) is 4.33. The molecule has 0 radical (unpaired) electrons. The number of aliphatic hydroxyl groups is 1. The van der Waals surface area contributed by atoms with Crippen LogP contribution < -0.4 is 5.73 Å². The molecular weight excluding hydrogens is 316 g/mol.